The highest BCUT2D eigenvalue weighted by atomic mass is 32.2. The molecule has 1 aliphatic heterocycles. The molecule has 4 rings (SSSR count). The molecule has 6 nitrogen and oxygen atoms in total. The molecule has 0 saturated carbocycles. The van der Waals surface area contributed by atoms with E-state index in [0.717, 1.165) is 34.6 Å². The van der Waals surface area contributed by atoms with Crippen molar-refractivity contribution in [3.05, 3.63) is 71.0 Å². The van der Waals surface area contributed by atoms with Gasteiger partial charge in [0.2, 0.25) is 11.1 Å². The van der Waals surface area contributed by atoms with Crippen LogP contribution < -0.4 is 10.7 Å². The van der Waals surface area contributed by atoms with Crippen LogP contribution in [-0.4, -0.2) is 26.0 Å². The van der Waals surface area contributed by atoms with E-state index in [4.69, 9.17) is 0 Å². The van der Waals surface area contributed by atoms with Gasteiger partial charge >= 0.3 is 0 Å². The number of anilines is 1. The van der Waals surface area contributed by atoms with Gasteiger partial charge in [0, 0.05) is 12.1 Å². The normalized spacial score (nSPS) is 18.2. The van der Waals surface area contributed by atoms with Crippen molar-refractivity contribution in [2.24, 2.45) is 0 Å². The van der Waals surface area contributed by atoms with Gasteiger partial charge in [-0.1, -0.05) is 55.1 Å². The first kappa shape index (κ1) is 18.6. The lowest BCUT2D eigenvalue weighted by atomic mass is 10.0. The zero-order valence-electron chi connectivity index (χ0n) is 16.1. The summed E-state index contributed by atoms with van der Waals surface area (Å²) in [5, 5.41) is 11.9. The van der Waals surface area contributed by atoms with Crippen LogP contribution in [-0.2, 0) is 11.2 Å². The monoisotopic (exact) mass is 393 g/mol. The molecule has 1 aromatic heterocycles. The second-order valence-corrected chi connectivity index (χ2v) is 8.12. The Labute approximate surface area is 168 Å². The van der Waals surface area contributed by atoms with E-state index >= 15 is 0 Å². The minimum atomic E-state index is -0.371. The fourth-order valence-electron chi connectivity index (χ4n) is 3.50. The Hall–Kier alpha value is -2.80. The van der Waals surface area contributed by atoms with E-state index in [0.29, 0.717) is 5.16 Å². The maximum absolute atomic E-state index is 13.2. The van der Waals surface area contributed by atoms with Crippen LogP contribution in [0.2, 0.25) is 0 Å². The quantitative estimate of drug-likeness (QED) is 0.704. The van der Waals surface area contributed by atoms with Gasteiger partial charge in [0.25, 0.3) is 0 Å². The van der Waals surface area contributed by atoms with Crippen molar-refractivity contribution in [1.82, 2.24) is 14.9 Å². The number of nitrogens with one attached hydrogen (secondary N) is 2. The Morgan fingerprint density at radius 2 is 1.86 bits per heavy atom. The van der Waals surface area contributed by atoms with E-state index in [2.05, 4.69) is 27.0 Å². The minimum Gasteiger partial charge on any atom is -0.325 e. The lowest BCUT2D eigenvalue weighted by molar-refractivity contribution is -0.116. The summed E-state index contributed by atoms with van der Waals surface area (Å²) in [6, 6.07) is 15.9. The molecule has 0 bridgehead atoms. The molecule has 0 saturated heterocycles. The molecule has 7 heteroatoms. The average Bonchev–Trinajstić information content (AvgIpc) is 3.09. The Morgan fingerprint density at radius 3 is 2.54 bits per heavy atom. The fourth-order valence-corrected chi connectivity index (χ4v) is 4.60. The van der Waals surface area contributed by atoms with Crippen molar-refractivity contribution in [1.29, 1.82) is 0 Å². The standard InChI is InChI=1S/C21H23N5OS/c1-4-17-23-24-21-26(17)25-18(15-8-6-5-7-9-15)19(28-21)20(27)22-16-11-13(2)10-14(3)12-16/h5-12,18-19,25H,4H2,1-3H3,(H,22,27)/t18-,19+/m0/s1. The summed E-state index contributed by atoms with van der Waals surface area (Å²) in [5.74, 6) is 0.806. The first-order valence-corrected chi connectivity index (χ1v) is 10.2. The molecule has 2 N–H and O–H groups in total. The fraction of sp³-hybridized carbons (Fsp3) is 0.286. The van der Waals surface area contributed by atoms with Gasteiger partial charge in [-0.2, -0.15) is 0 Å². The third-order valence-corrected chi connectivity index (χ3v) is 5.94. The predicted octanol–water partition coefficient (Wildman–Crippen LogP) is 3.86. The molecule has 0 aliphatic carbocycles. The minimum absolute atomic E-state index is 0.0522. The van der Waals surface area contributed by atoms with Crippen molar-refractivity contribution >= 4 is 23.4 Å². The van der Waals surface area contributed by atoms with Gasteiger partial charge < -0.3 is 10.7 Å². The highest BCUT2D eigenvalue weighted by Crippen LogP contribution is 2.37. The van der Waals surface area contributed by atoms with Crippen LogP contribution in [0.3, 0.4) is 0 Å². The summed E-state index contributed by atoms with van der Waals surface area (Å²) in [6.45, 7) is 6.10. The molecule has 2 atom stereocenters. The number of benzene rings is 2. The van der Waals surface area contributed by atoms with Gasteiger partial charge in [0.1, 0.15) is 5.25 Å². The van der Waals surface area contributed by atoms with Crippen LogP contribution in [0, 0.1) is 13.8 Å². The number of amides is 1. The summed E-state index contributed by atoms with van der Waals surface area (Å²) < 4.78 is 1.91. The van der Waals surface area contributed by atoms with Crippen molar-refractivity contribution in [2.75, 3.05) is 10.7 Å². The zero-order chi connectivity index (χ0) is 19.7. The van der Waals surface area contributed by atoms with Crippen LogP contribution in [0.25, 0.3) is 0 Å². The Balaban J connectivity index is 1.67. The van der Waals surface area contributed by atoms with Gasteiger partial charge in [-0.3, -0.25) is 4.79 Å². The summed E-state index contributed by atoms with van der Waals surface area (Å²) in [7, 11) is 0. The van der Waals surface area contributed by atoms with Crippen molar-refractivity contribution < 1.29 is 4.79 Å². The van der Waals surface area contributed by atoms with E-state index in [1.54, 1.807) is 0 Å². The maximum atomic E-state index is 13.2. The van der Waals surface area contributed by atoms with E-state index in [-0.39, 0.29) is 17.2 Å². The highest BCUT2D eigenvalue weighted by molar-refractivity contribution is 8.00. The Morgan fingerprint density at radius 1 is 1.14 bits per heavy atom. The molecular formula is C21H23N5OS. The lowest BCUT2D eigenvalue weighted by Gasteiger charge is -2.33. The van der Waals surface area contributed by atoms with E-state index < -0.39 is 0 Å². The summed E-state index contributed by atoms with van der Waals surface area (Å²) in [4.78, 5) is 13.2. The molecular weight excluding hydrogens is 370 g/mol. The number of aryl methyl sites for hydroxylation is 3. The maximum Gasteiger partial charge on any atom is 0.240 e. The first-order chi connectivity index (χ1) is 13.5. The molecule has 144 valence electrons. The number of carbonyl (C=O) groups excluding carboxylic acids is 1. The summed E-state index contributed by atoms with van der Waals surface area (Å²) in [6.07, 6.45) is 0.765. The number of hydrogen-bond donors (Lipinski definition) is 2. The third-order valence-electron chi connectivity index (χ3n) is 4.73. The second kappa shape index (κ2) is 7.67. The lowest BCUT2D eigenvalue weighted by Crippen LogP contribution is -2.41. The molecule has 0 radical (unpaired) electrons. The van der Waals surface area contributed by atoms with Gasteiger partial charge in [0.15, 0.2) is 5.82 Å². The molecule has 1 aliphatic rings. The van der Waals surface area contributed by atoms with E-state index in [1.165, 1.54) is 11.8 Å². The number of nitrogens with zero attached hydrogens (tertiary/aromatic N) is 3. The first-order valence-electron chi connectivity index (χ1n) is 9.36. The Bertz CT molecular complexity index is 981. The summed E-state index contributed by atoms with van der Waals surface area (Å²) >= 11 is 1.45. The van der Waals surface area contributed by atoms with Gasteiger partial charge in [0.05, 0.1) is 6.04 Å². The number of hydrogen-bond acceptors (Lipinski definition) is 5. The van der Waals surface area contributed by atoms with E-state index in [9.17, 15) is 4.79 Å². The van der Waals surface area contributed by atoms with Crippen LogP contribution in [0.1, 0.15) is 35.5 Å². The van der Waals surface area contributed by atoms with Crippen molar-refractivity contribution in [3.8, 4) is 0 Å². The van der Waals surface area contributed by atoms with Crippen LogP contribution in [0.5, 0.6) is 0 Å². The highest BCUT2D eigenvalue weighted by Gasteiger charge is 2.37. The van der Waals surface area contributed by atoms with Gasteiger partial charge in [-0.05, 0) is 42.7 Å². The van der Waals surface area contributed by atoms with Crippen LogP contribution in [0.4, 0.5) is 5.69 Å². The molecule has 0 spiro atoms. The number of fused-ring (bicyclic) bond motifs is 1. The molecule has 28 heavy (non-hydrogen) atoms. The molecule has 0 fully saturated rings. The van der Waals surface area contributed by atoms with Crippen LogP contribution >= 0.6 is 11.8 Å². The Kier molecular flexibility index (Phi) is 5.09. The SMILES string of the molecule is CCc1nnc2n1N[C@@H](c1ccccc1)[C@H](C(=O)Nc1cc(C)cc(C)c1)S2. The topological polar surface area (TPSA) is 71.8 Å². The largest absolute Gasteiger partial charge is 0.325 e. The number of thioether (sulfide) groups is 1. The van der Waals surface area contributed by atoms with E-state index in [1.807, 2.05) is 67.9 Å². The van der Waals surface area contributed by atoms with Crippen LogP contribution in [0.15, 0.2) is 53.7 Å². The number of rotatable bonds is 4. The molecule has 2 heterocycles. The average molecular weight is 394 g/mol. The molecule has 3 aromatic rings. The zero-order valence-corrected chi connectivity index (χ0v) is 17.0. The molecule has 2 aromatic carbocycles. The molecule has 1 amide bonds. The van der Waals surface area contributed by atoms with Crippen molar-refractivity contribution in [3.63, 3.8) is 0 Å². The van der Waals surface area contributed by atoms with Gasteiger partial charge in [-0.25, -0.2) is 4.68 Å². The predicted molar refractivity (Wildman–Crippen MR) is 112 cm³/mol. The number of aromatic nitrogens is 3. The molecule has 0 unspecified atom stereocenters. The van der Waals surface area contributed by atoms with Crippen molar-refractivity contribution in [2.45, 2.75) is 43.6 Å². The number of carbonyl (C=O) groups is 1. The summed E-state index contributed by atoms with van der Waals surface area (Å²) in [5.41, 5.74) is 7.57. The van der Waals surface area contributed by atoms with Gasteiger partial charge in [-0.15, -0.1) is 10.2 Å². The third kappa shape index (κ3) is 3.62. The second-order valence-electron chi connectivity index (χ2n) is 7.01. The smallest absolute Gasteiger partial charge is 0.240 e.